The Bertz CT molecular complexity index is 660. The first kappa shape index (κ1) is 16.5. The Morgan fingerprint density at radius 1 is 1.30 bits per heavy atom. The monoisotopic (exact) mass is 327 g/mol. The van der Waals surface area contributed by atoms with Gasteiger partial charge in [-0.1, -0.05) is 24.3 Å². The van der Waals surface area contributed by atoms with Gasteiger partial charge in [0.15, 0.2) is 0 Å². The van der Waals surface area contributed by atoms with Crippen molar-refractivity contribution < 1.29 is 27.6 Å². The molecule has 23 heavy (non-hydrogen) atoms. The van der Waals surface area contributed by atoms with Crippen molar-refractivity contribution in [2.45, 2.75) is 11.8 Å². The van der Waals surface area contributed by atoms with Gasteiger partial charge in [-0.25, -0.2) is 4.79 Å². The third-order valence-corrected chi connectivity index (χ3v) is 3.18. The van der Waals surface area contributed by atoms with Gasteiger partial charge in [-0.2, -0.15) is 13.2 Å². The van der Waals surface area contributed by atoms with Gasteiger partial charge in [-0.3, -0.25) is 19.8 Å². The maximum Gasteiger partial charge on any atom is 0.440 e. The van der Waals surface area contributed by atoms with E-state index in [1.807, 2.05) is 0 Å². The fourth-order valence-electron chi connectivity index (χ4n) is 2.05. The number of imide groups is 1. The lowest BCUT2D eigenvalue weighted by Crippen LogP contribution is -2.69. The molecule has 2 N–H and O–H groups in total. The standard InChI is InChI=1S/C14H12F3N3O3/c1-2-8-20-11(22)13(14(15,16)17,19-12(20)23)18-10(21)9-6-4-3-5-7-9/h2-7H,1,8H2,(H,18,21)(H,19,23). The normalized spacial score (nSPS) is 21.1. The molecule has 1 aliphatic heterocycles. The smallest absolute Gasteiger partial charge is 0.314 e. The van der Waals surface area contributed by atoms with Gasteiger partial charge in [0.2, 0.25) is 0 Å². The second kappa shape index (κ2) is 5.75. The van der Waals surface area contributed by atoms with Gasteiger partial charge in [-0.15, -0.1) is 6.58 Å². The van der Waals surface area contributed by atoms with E-state index in [0.717, 1.165) is 6.08 Å². The quantitative estimate of drug-likeness (QED) is 0.648. The largest absolute Gasteiger partial charge is 0.440 e. The lowest BCUT2D eigenvalue weighted by atomic mass is 10.1. The molecule has 4 amide bonds. The molecule has 0 aliphatic carbocycles. The number of hydrogen-bond donors (Lipinski definition) is 2. The minimum Gasteiger partial charge on any atom is -0.314 e. The van der Waals surface area contributed by atoms with E-state index in [2.05, 4.69) is 6.58 Å². The Kier molecular flexibility index (Phi) is 4.13. The van der Waals surface area contributed by atoms with E-state index >= 15 is 0 Å². The Hall–Kier alpha value is -2.84. The molecule has 6 nitrogen and oxygen atoms in total. The molecule has 0 saturated carbocycles. The highest BCUT2D eigenvalue weighted by Gasteiger charge is 2.68. The maximum atomic E-state index is 13.4. The third kappa shape index (κ3) is 2.77. The van der Waals surface area contributed by atoms with Crippen molar-refractivity contribution in [2.24, 2.45) is 0 Å². The van der Waals surface area contributed by atoms with Crippen molar-refractivity contribution in [1.29, 1.82) is 0 Å². The second-order valence-corrected chi connectivity index (χ2v) is 4.70. The van der Waals surface area contributed by atoms with E-state index in [-0.39, 0.29) is 5.56 Å². The summed E-state index contributed by atoms with van der Waals surface area (Å²) in [6.45, 7) is 2.86. The van der Waals surface area contributed by atoms with Gasteiger partial charge < -0.3 is 5.32 Å². The topological polar surface area (TPSA) is 78.5 Å². The first-order valence-electron chi connectivity index (χ1n) is 6.42. The number of nitrogens with zero attached hydrogens (tertiary/aromatic N) is 1. The van der Waals surface area contributed by atoms with E-state index in [9.17, 15) is 27.6 Å². The van der Waals surface area contributed by atoms with Crippen molar-refractivity contribution in [3.63, 3.8) is 0 Å². The number of rotatable bonds is 4. The fourth-order valence-corrected chi connectivity index (χ4v) is 2.05. The SMILES string of the molecule is C=CCN1C(=O)NC(NC(=O)c2ccccc2)(C(F)(F)F)C1=O. The minimum absolute atomic E-state index is 0.0830. The van der Waals surface area contributed by atoms with Crippen LogP contribution in [0.1, 0.15) is 10.4 Å². The Balaban J connectivity index is 2.39. The summed E-state index contributed by atoms with van der Waals surface area (Å²) in [5.74, 6) is -2.75. The van der Waals surface area contributed by atoms with Gasteiger partial charge in [0.25, 0.3) is 17.5 Å². The summed E-state index contributed by atoms with van der Waals surface area (Å²) < 4.78 is 40.3. The Morgan fingerprint density at radius 3 is 2.43 bits per heavy atom. The molecule has 1 unspecified atom stereocenters. The van der Waals surface area contributed by atoms with Crippen LogP contribution in [0.25, 0.3) is 0 Å². The van der Waals surface area contributed by atoms with Crippen LogP contribution in [-0.4, -0.2) is 41.1 Å². The number of alkyl halides is 3. The summed E-state index contributed by atoms with van der Waals surface area (Å²) in [7, 11) is 0. The van der Waals surface area contributed by atoms with E-state index < -0.39 is 36.2 Å². The molecule has 1 fully saturated rings. The van der Waals surface area contributed by atoms with E-state index in [1.54, 1.807) is 11.4 Å². The number of urea groups is 1. The fraction of sp³-hybridized carbons (Fsp3) is 0.214. The van der Waals surface area contributed by atoms with Gasteiger partial charge in [-0.05, 0) is 12.1 Å². The Labute approximate surface area is 128 Å². The zero-order chi connectivity index (χ0) is 17.3. The molecule has 0 aromatic heterocycles. The van der Waals surface area contributed by atoms with Crippen LogP contribution >= 0.6 is 0 Å². The molecule has 1 aromatic rings. The van der Waals surface area contributed by atoms with Crippen molar-refractivity contribution in [2.75, 3.05) is 6.54 Å². The predicted octanol–water partition coefficient (Wildman–Crippen LogP) is 1.41. The first-order valence-corrected chi connectivity index (χ1v) is 6.42. The van der Waals surface area contributed by atoms with Crippen LogP contribution in [0.4, 0.5) is 18.0 Å². The van der Waals surface area contributed by atoms with Crippen LogP contribution in [0.5, 0.6) is 0 Å². The van der Waals surface area contributed by atoms with Gasteiger partial charge in [0.05, 0.1) is 0 Å². The molecule has 9 heteroatoms. The summed E-state index contributed by atoms with van der Waals surface area (Å²) in [6, 6.07) is 5.78. The molecule has 1 saturated heterocycles. The average Bonchev–Trinajstić information content (AvgIpc) is 2.73. The van der Waals surface area contributed by atoms with Crippen LogP contribution in [0, 0.1) is 0 Å². The van der Waals surface area contributed by atoms with Crippen LogP contribution < -0.4 is 10.6 Å². The summed E-state index contributed by atoms with van der Waals surface area (Å²) in [5, 5.41) is 3.12. The first-order chi connectivity index (χ1) is 10.7. The highest BCUT2D eigenvalue weighted by molar-refractivity contribution is 6.10. The Morgan fingerprint density at radius 2 is 1.91 bits per heavy atom. The molecule has 1 atom stereocenters. The molecule has 0 spiro atoms. The molecular formula is C14H12F3N3O3. The number of benzene rings is 1. The second-order valence-electron chi connectivity index (χ2n) is 4.70. The predicted molar refractivity (Wildman–Crippen MR) is 73.1 cm³/mol. The number of carbonyl (C=O) groups excluding carboxylic acids is 3. The third-order valence-electron chi connectivity index (χ3n) is 3.18. The van der Waals surface area contributed by atoms with Gasteiger partial charge in [0, 0.05) is 12.1 Å². The van der Waals surface area contributed by atoms with Crippen molar-refractivity contribution >= 4 is 17.8 Å². The molecule has 1 aliphatic rings. The van der Waals surface area contributed by atoms with Crippen LogP contribution in [0.15, 0.2) is 43.0 Å². The number of amides is 4. The minimum atomic E-state index is -5.22. The lowest BCUT2D eigenvalue weighted by molar-refractivity contribution is -0.200. The van der Waals surface area contributed by atoms with E-state index in [0.29, 0.717) is 4.90 Å². The van der Waals surface area contributed by atoms with Gasteiger partial charge in [0.1, 0.15) is 0 Å². The highest BCUT2D eigenvalue weighted by Crippen LogP contribution is 2.34. The summed E-state index contributed by atoms with van der Waals surface area (Å²) >= 11 is 0. The molecule has 2 rings (SSSR count). The summed E-state index contributed by atoms with van der Waals surface area (Å²) in [5.41, 5.74) is -3.58. The van der Waals surface area contributed by atoms with Crippen molar-refractivity contribution in [3.8, 4) is 0 Å². The molecule has 122 valence electrons. The van der Waals surface area contributed by atoms with E-state index in [4.69, 9.17) is 0 Å². The van der Waals surface area contributed by atoms with Crippen LogP contribution in [0.3, 0.4) is 0 Å². The van der Waals surface area contributed by atoms with Crippen molar-refractivity contribution in [1.82, 2.24) is 15.5 Å². The summed E-state index contributed by atoms with van der Waals surface area (Å²) in [4.78, 5) is 36.1. The zero-order valence-electron chi connectivity index (χ0n) is 11.7. The number of carbonyl (C=O) groups is 3. The number of hydrogen-bond acceptors (Lipinski definition) is 3. The van der Waals surface area contributed by atoms with E-state index in [1.165, 1.54) is 29.6 Å². The van der Waals surface area contributed by atoms with Gasteiger partial charge >= 0.3 is 12.2 Å². The average molecular weight is 327 g/mol. The highest BCUT2D eigenvalue weighted by atomic mass is 19.4. The molecule has 1 aromatic carbocycles. The van der Waals surface area contributed by atoms with Crippen LogP contribution in [0.2, 0.25) is 0 Å². The number of nitrogens with one attached hydrogen (secondary N) is 2. The van der Waals surface area contributed by atoms with Crippen molar-refractivity contribution in [3.05, 3.63) is 48.6 Å². The molecule has 0 bridgehead atoms. The summed E-state index contributed by atoms with van der Waals surface area (Å²) in [6.07, 6.45) is -4.12. The zero-order valence-corrected chi connectivity index (χ0v) is 11.7. The van der Waals surface area contributed by atoms with Crippen LogP contribution in [-0.2, 0) is 4.79 Å². The lowest BCUT2D eigenvalue weighted by Gasteiger charge is -2.29. The maximum absolute atomic E-state index is 13.4. The number of halogens is 3. The molecular weight excluding hydrogens is 315 g/mol. The molecule has 1 heterocycles. The molecule has 0 radical (unpaired) electrons.